The van der Waals surface area contributed by atoms with E-state index in [0.717, 1.165) is 0 Å². The summed E-state index contributed by atoms with van der Waals surface area (Å²) in [5.74, 6) is 0. The van der Waals surface area contributed by atoms with Gasteiger partial charge in [0.05, 0.1) is 0 Å². The number of nitrogens with one attached hydrogen (secondary N) is 1. The first-order valence-corrected chi connectivity index (χ1v) is 8.15. The second-order valence-electron chi connectivity index (χ2n) is 5.68. The molecule has 3 heteroatoms. The Bertz CT molecular complexity index is 400. The second-order valence-corrected chi connectivity index (χ2v) is 6.48. The van der Waals surface area contributed by atoms with Crippen LogP contribution in [-0.4, -0.2) is 30.6 Å². The molecular formula is C16H25BrN2. The van der Waals surface area contributed by atoms with Gasteiger partial charge in [-0.2, -0.15) is 0 Å². The number of nitrogens with zero attached hydrogens (tertiary/aromatic N) is 1. The number of likely N-dealkylation sites (tertiary alicyclic amines) is 1. The molecule has 0 atom stereocenters. The molecule has 0 aromatic heterocycles. The zero-order valence-electron chi connectivity index (χ0n) is 12.3. The summed E-state index contributed by atoms with van der Waals surface area (Å²) in [6.45, 7) is 10.3. The maximum absolute atomic E-state index is 3.70. The summed E-state index contributed by atoms with van der Waals surface area (Å²) in [7, 11) is 0. The number of halogens is 1. The Balaban J connectivity index is 1.92. The van der Waals surface area contributed by atoms with Gasteiger partial charge in [0.1, 0.15) is 0 Å². The Morgan fingerprint density at radius 2 is 1.79 bits per heavy atom. The van der Waals surface area contributed by atoms with Crippen LogP contribution in [0.3, 0.4) is 0 Å². The normalized spacial score (nSPS) is 17.7. The van der Waals surface area contributed by atoms with E-state index in [2.05, 4.69) is 59.1 Å². The van der Waals surface area contributed by atoms with Crippen molar-refractivity contribution in [2.75, 3.05) is 25.0 Å². The summed E-state index contributed by atoms with van der Waals surface area (Å²) in [4.78, 5) is 2.58. The molecule has 0 spiro atoms. The average molecular weight is 325 g/mol. The molecule has 0 aliphatic carbocycles. The molecule has 0 bridgehead atoms. The van der Waals surface area contributed by atoms with Crippen LogP contribution in [-0.2, 0) is 0 Å². The number of hydrogen-bond acceptors (Lipinski definition) is 2. The molecule has 19 heavy (non-hydrogen) atoms. The largest absolute Gasteiger partial charge is 0.382 e. The van der Waals surface area contributed by atoms with E-state index in [1.54, 1.807) is 0 Å². The Morgan fingerprint density at radius 1 is 1.21 bits per heavy atom. The summed E-state index contributed by atoms with van der Waals surface area (Å²) in [5, 5.41) is 3.70. The highest BCUT2D eigenvalue weighted by atomic mass is 79.9. The van der Waals surface area contributed by atoms with Crippen LogP contribution in [0.4, 0.5) is 5.69 Å². The van der Waals surface area contributed by atoms with Crippen LogP contribution >= 0.6 is 15.9 Å². The highest BCUT2D eigenvalue weighted by Crippen LogP contribution is 2.26. The van der Waals surface area contributed by atoms with Crippen molar-refractivity contribution < 1.29 is 0 Å². The van der Waals surface area contributed by atoms with E-state index in [9.17, 15) is 0 Å². The van der Waals surface area contributed by atoms with Crippen molar-refractivity contribution in [3.63, 3.8) is 0 Å². The Morgan fingerprint density at radius 3 is 2.32 bits per heavy atom. The molecule has 1 heterocycles. The third-order valence-electron chi connectivity index (χ3n) is 3.93. The lowest BCUT2D eigenvalue weighted by Gasteiger charge is -2.32. The van der Waals surface area contributed by atoms with E-state index in [1.165, 1.54) is 60.2 Å². The van der Waals surface area contributed by atoms with Crippen molar-refractivity contribution in [2.24, 2.45) is 0 Å². The van der Waals surface area contributed by atoms with Gasteiger partial charge in [0.2, 0.25) is 0 Å². The van der Waals surface area contributed by atoms with Crippen LogP contribution in [0.5, 0.6) is 0 Å². The first-order valence-electron chi connectivity index (χ1n) is 7.35. The van der Waals surface area contributed by atoms with Crippen LogP contribution in [0.15, 0.2) is 16.6 Å². The Kier molecular flexibility index (Phi) is 5.28. The zero-order valence-corrected chi connectivity index (χ0v) is 13.9. The van der Waals surface area contributed by atoms with Gasteiger partial charge in [-0.05, 0) is 62.9 Å². The fraction of sp³-hybridized carbons (Fsp3) is 0.625. The lowest BCUT2D eigenvalue weighted by atomic mass is 10.0. The van der Waals surface area contributed by atoms with Crippen molar-refractivity contribution in [2.45, 2.75) is 46.1 Å². The summed E-state index contributed by atoms with van der Waals surface area (Å²) in [6.07, 6.45) is 3.78. The lowest BCUT2D eigenvalue weighted by Crippen LogP contribution is -2.39. The van der Waals surface area contributed by atoms with Gasteiger partial charge in [-0.15, -0.1) is 0 Å². The van der Waals surface area contributed by atoms with Crippen molar-refractivity contribution >= 4 is 21.6 Å². The highest BCUT2D eigenvalue weighted by molar-refractivity contribution is 9.10. The Labute approximate surface area is 125 Å². The monoisotopic (exact) mass is 324 g/mol. The van der Waals surface area contributed by atoms with E-state index in [0.29, 0.717) is 6.04 Å². The number of benzene rings is 1. The lowest BCUT2D eigenvalue weighted by molar-refractivity contribution is 0.219. The molecule has 1 N–H and O–H groups in total. The maximum Gasteiger partial charge on any atom is 0.0348 e. The average Bonchev–Trinajstić information content (AvgIpc) is 2.38. The molecule has 2 rings (SSSR count). The minimum atomic E-state index is 0.632. The fourth-order valence-electron chi connectivity index (χ4n) is 2.88. The van der Waals surface area contributed by atoms with Gasteiger partial charge in [0.25, 0.3) is 0 Å². The molecule has 2 nitrogen and oxygen atoms in total. The van der Waals surface area contributed by atoms with Gasteiger partial charge >= 0.3 is 0 Å². The van der Waals surface area contributed by atoms with E-state index in [4.69, 9.17) is 0 Å². The number of piperidine rings is 1. The van der Waals surface area contributed by atoms with Gasteiger partial charge in [-0.1, -0.05) is 22.9 Å². The molecule has 1 aromatic rings. The summed E-state index contributed by atoms with van der Waals surface area (Å²) < 4.78 is 1.23. The standard InChI is InChI=1S/C16H25BrN2/c1-4-7-19-8-5-14(6-9-19)18-15-10-12(2)16(17)13(3)11-15/h10-11,14,18H,4-9H2,1-3H3. The molecule has 1 saturated heterocycles. The molecular weight excluding hydrogens is 300 g/mol. The van der Waals surface area contributed by atoms with Crippen LogP contribution in [0.25, 0.3) is 0 Å². The quantitative estimate of drug-likeness (QED) is 0.885. The van der Waals surface area contributed by atoms with Crippen LogP contribution in [0.1, 0.15) is 37.3 Å². The predicted molar refractivity (Wildman–Crippen MR) is 87.0 cm³/mol. The summed E-state index contributed by atoms with van der Waals surface area (Å²) in [5.41, 5.74) is 3.89. The van der Waals surface area contributed by atoms with Gasteiger partial charge in [-0.3, -0.25) is 0 Å². The summed E-state index contributed by atoms with van der Waals surface area (Å²) in [6, 6.07) is 5.12. The highest BCUT2D eigenvalue weighted by Gasteiger charge is 2.18. The molecule has 1 aliphatic rings. The molecule has 1 aliphatic heterocycles. The SMILES string of the molecule is CCCN1CCC(Nc2cc(C)c(Br)c(C)c2)CC1. The molecule has 0 saturated carbocycles. The number of aryl methyl sites for hydroxylation is 2. The topological polar surface area (TPSA) is 15.3 Å². The minimum Gasteiger partial charge on any atom is -0.382 e. The third-order valence-corrected chi connectivity index (χ3v) is 5.19. The molecule has 106 valence electrons. The zero-order chi connectivity index (χ0) is 13.8. The first-order chi connectivity index (χ1) is 9.10. The molecule has 1 fully saturated rings. The van der Waals surface area contributed by atoms with Crippen molar-refractivity contribution in [1.29, 1.82) is 0 Å². The van der Waals surface area contributed by atoms with Gasteiger partial charge < -0.3 is 10.2 Å². The van der Waals surface area contributed by atoms with Gasteiger partial charge in [-0.25, -0.2) is 0 Å². The third kappa shape index (κ3) is 3.96. The number of anilines is 1. The van der Waals surface area contributed by atoms with E-state index < -0.39 is 0 Å². The van der Waals surface area contributed by atoms with Crippen molar-refractivity contribution in [3.05, 3.63) is 27.7 Å². The predicted octanol–water partition coefficient (Wildman–Crippen LogP) is 4.35. The molecule has 0 radical (unpaired) electrons. The van der Waals surface area contributed by atoms with Crippen molar-refractivity contribution in [1.82, 2.24) is 4.90 Å². The number of rotatable bonds is 4. The van der Waals surface area contributed by atoms with E-state index in [-0.39, 0.29) is 0 Å². The first kappa shape index (κ1) is 14.9. The number of hydrogen-bond donors (Lipinski definition) is 1. The molecule has 0 unspecified atom stereocenters. The van der Waals surface area contributed by atoms with Crippen LogP contribution < -0.4 is 5.32 Å². The molecule has 0 amide bonds. The van der Waals surface area contributed by atoms with Crippen molar-refractivity contribution in [3.8, 4) is 0 Å². The van der Waals surface area contributed by atoms with Crippen LogP contribution in [0.2, 0.25) is 0 Å². The fourth-order valence-corrected chi connectivity index (χ4v) is 3.11. The molecule has 1 aromatic carbocycles. The summed E-state index contributed by atoms with van der Waals surface area (Å²) >= 11 is 3.63. The minimum absolute atomic E-state index is 0.632. The van der Waals surface area contributed by atoms with Crippen LogP contribution in [0, 0.1) is 13.8 Å². The second kappa shape index (κ2) is 6.76. The van der Waals surface area contributed by atoms with Gasteiger partial charge in [0.15, 0.2) is 0 Å². The van der Waals surface area contributed by atoms with E-state index >= 15 is 0 Å². The van der Waals surface area contributed by atoms with Gasteiger partial charge in [0, 0.05) is 29.3 Å². The smallest absolute Gasteiger partial charge is 0.0348 e. The van der Waals surface area contributed by atoms with E-state index in [1.807, 2.05) is 0 Å². The maximum atomic E-state index is 3.70. The Hall–Kier alpha value is -0.540.